The second kappa shape index (κ2) is 9.79. The van der Waals surface area contributed by atoms with Gasteiger partial charge in [0, 0.05) is 0 Å². The van der Waals surface area contributed by atoms with Gasteiger partial charge in [-0.2, -0.15) is 0 Å². The molecule has 1 unspecified atom stereocenters. The molecule has 33 heavy (non-hydrogen) atoms. The molecule has 0 spiro atoms. The summed E-state index contributed by atoms with van der Waals surface area (Å²) < 4.78 is 5.28. The predicted octanol–water partition coefficient (Wildman–Crippen LogP) is 3.86. The first-order chi connectivity index (χ1) is 15.9. The minimum Gasteiger partial charge on any atom is -0.451 e. The molecule has 2 aromatic carbocycles. The van der Waals surface area contributed by atoms with E-state index in [1.807, 2.05) is 60.7 Å². The van der Waals surface area contributed by atoms with Gasteiger partial charge in [-0.05, 0) is 37.0 Å². The summed E-state index contributed by atoms with van der Waals surface area (Å²) in [6.07, 6.45) is 0.605. The van der Waals surface area contributed by atoms with E-state index >= 15 is 0 Å². The zero-order valence-corrected chi connectivity index (χ0v) is 19.1. The summed E-state index contributed by atoms with van der Waals surface area (Å²) in [4.78, 5) is 45.2. The molecular weight excluding hydrogens is 438 g/mol. The summed E-state index contributed by atoms with van der Waals surface area (Å²) in [5.41, 5.74) is 2.25. The highest BCUT2D eigenvalue weighted by atomic mass is 32.1. The van der Waals surface area contributed by atoms with Crippen LogP contribution in [0.15, 0.2) is 65.5 Å². The maximum absolute atomic E-state index is 12.7. The van der Waals surface area contributed by atoms with Gasteiger partial charge in [0.25, 0.3) is 11.5 Å². The minimum atomic E-state index is -0.651. The van der Waals surface area contributed by atoms with E-state index in [1.165, 1.54) is 0 Å². The fourth-order valence-electron chi connectivity index (χ4n) is 3.67. The van der Waals surface area contributed by atoms with Crippen molar-refractivity contribution in [2.75, 3.05) is 6.61 Å². The van der Waals surface area contributed by atoms with Gasteiger partial charge in [0.05, 0.1) is 11.4 Å². The number of benzene rings is 2. The Labute approximate surface area is 194 Å². The van der Waals surface area contributed by atoms with Crippen LogP contribution in [-0.2, 0) is 16.0 Å². The lowest BCUT2D eigenvalue weighted by molar-refractivity contribution is -0.125. The maximum atomic E-state index is 12.7. The second-order valence-electron chi connectivity index (χ2n) is 7.68. The molecule has 0 aliphatic carbocycles. The van der Waals surface area contributed by atoms with Crippen LogP contribution >= 0.6 is 11.3 Å². The Morgan fingerprint density at radius 1 is 1.06 bits per heavy atom. The highest BCUT2D eigenvalue weighted by Gasteiger charge is 2.22. The Bertz CT molecular complexity index is 1350. The van der Waals surface area contributed by atoms with Gasteiger partial charge in [-0.25, -0.2) is 9.78 Å². The number of aromatic amines is 1. The molecule has 0 saturated carbocycles. The number of ether oxygens (including phenoxy) is 1. The van der Waals surface area contributed by atoms with Crippen molar-refractivity contribution in [3.05, 3.63) is 98.4 Å². The van der Waals surface area contributed by atoms with Gasteiger partial charge in [-0.15, -0.1) is 11.3 Å². The van der Waals surface area contributed by atoms with E-state index in [4.69, 9.17) is 4.74 Å². The number of aromatic nitrogens is 2. The number of H-pyrrole nitrogens is 1. The molecule has 8 heteroatoms. The summed E-state index contributed by atoms with van der Waals surface area (Å²) in [6.45, 7) is 2.93. The number of carbonyl (C=O) groups is 2. The number of nitrogens with one attached hydrogen (secondary N) is 2. The van der Waals surface area contributed by atoms with Crippen LogP contribution in [0.3, 0.4) is 0 Å². The number of hydrogen-bond acceptors (Lipinski definition) is 6. The van der Waals surface area contributed by atoms with Crippen molar-refractivity contribution in [3.8, 4) is 0 Å². The molecule has 7 nitrogen and oxygen atoms in total. The second-order valence-corrected chi connectivity index (χ2v) is 8.68. The number of esters is 1. The lowest BCUT2D eigenvalue weighted by Crippen LogP contribution is -2.33. The summed E-state index contributed by atoms with van der Waals surface area (Å²) in [5, 5.41) is 3.34. The number of thiophene rings is 1. The van der Waals surface area contributed by atoms with Crippen molar-refractivity contribution in [2.45, 2.75) is 26.3 Å². The summed E-state index contributed by atoms with van der Waals surface area (Å²) >= 11 is 1.09. The van der Waals surface area contributed by atoms with Gasteiger partial charge in [0.1, 0.15) is 15.5 Å². The monoisotopic (exact) mass is 461 g/mol. The Hall–Kier alpha value is -3.78. The van der Waals surface area contributed by atoms with E-state index < -0.39 is 18.5 Å². The molecule has 0 aliphatic rings. The SMILES string of the molecule is Cc1nc2sc(C(=O)OCC(=O)NC(Cc3ccccc3)c3ccccc3)c(C)c2c(=O)[nH]1. The third kappa shape index (κ3) is 5.18. The van der Waals surface area contributed by atoms with Crippen LogP contribution in [0, 0.1) is 13.8 Å². The molecule has 168 valence electrons. The largest absolute Gasteiger partial charge is 0.451 e. The average molecular weight is 462 g/mol. The van der Waals surface area contributed by atoms with Crippen molar-refractivity contribution >= 4 is 33.4 Å². The van der Waals surface area contributed by atoms with Crippen molar-refractivity contribution in [3.63, 3.8) is 0 Å². The minimum absolute atomic E-state index is 0.267. The summed E-state index contributed by atoms with van der Waals surface area (Å²) in [6, 6.07) is 19.2. The molecule has 4 rings (SSSR count). The van der Waals surface area contributed by atoms with Crippen LogP contribution < -0.4 is 10.9 Å². The molecule has 0 radical (unpaired) electrons. The normalized spacial score (nSPS) is 11.8. The van der Waals surface area contributed by atoms with E-state index in [0.29, 0.717) is 28.0 Å². The lowest BCUT2D eigenvalue weighted by atomic mass is 9.99. The Morgan fingerprint density at radius 3 is 2.42 bits per heavy atom. The Morgan fingerprint density at radius 2 is 1.73 bits per heavy atom. The van der Waals surface area contributed by atoms with Crippen LogP contribution in [0.4, 0.5) is 0 Å². The zero-order valence-electron chi connectivity index (χ0n) is 18.3. The molecule has 0 saturated heterocycles. The van der Waals surface area contributed by atoms with Crippen LogP contribution in [0.5, 0.6) is 0 Å². The lowest BCUT2D eigenvalue weighted by Gasteiger charge is -2.19. The molecule has 0 aliphatic heterocycles. The number of carbonyl (C=O) groups excluding carboxylic acids is 2. The molecule has 2 N–H and O–H groups in total. The molecule has 2 heterocycles. The maximum Gasteiger partial charge on any atom is 0.349 e. The number of rotatable bonds is 7. The quantitative estimate of drug-likeness (QED) is 0.407. The third-order valence-electron chi connectivity index (χ3n) is 5.26. The number of nitrogens with zero attached hydrogens (tertiary/aromatic N) is 1. The summed E-state index contributed by atoms with van der Waals surface area (Å²) in [7, 11) is 0. The highest BCUT2D eigenvalue weighted by molar-refractivity contribution is 7.20. The first kappa shape index (κ1) is 22.4. The van der Waals surface area contributed by atoms with Crippen LogP contribution in [-0.4, -0.2) is 28.5 Å². The van der Waals surface area contributed by atoms with Gasteiger partial charge >= 0.3 is 5.97 Å². The van der Waals surface area contributed by atoms with Gasteiger partial charge in [0.15, 0.2) is 6.61 Å². The van der Waals surface area contributed by atoms with E-state index in [9.17, 15) is 14.4 Å². The van der Waals surface area contributed by atoms with E-state index in [1.54, 1.807) is 13.8 Å². The number of hydrogen-bond donors (Lipinski definition) is 2. The molecular formula is C25H23N3O4S. The smallest absolute Gasteiger partial charge is 0.349 e. The number of amides is 1. The molecule has 0 bridgehead atoms. The van der Waals surface area contributed by atoms with E-state index in [2.05, 4.69) is 15.3 Å². The van der Waals surface area contributed by atoms with Crippen LogP contribution in [0.1, 0.15) is 38.2 Å². The highest BCUT2D eigenvalue weighted by Crippen LogP contribution is 2.27. The number of fused-ring (bicyclic) bond motifs is 1. The number of aryl methyl sites for hydroxylation is 2. The fourth-order valence-corrected chi connectivity index (χ4v) is 4.79. The predicted molar refractivity (Wildman–Crippen MR) is 127 cm³/mol. The molecule has 2 aromatic heterocycles. The van der Waals surface area contributed by atoms with Crippen LogP contribution in [0.25, 0.3) is 10.2 Å². The molecule has 0 fully saturated rings. The Balaban J connectivity index is 1.45. The molecule has 1 atom stereocenters. The zero-order chi connectivity index (χ0) is 23.4. The average Bonchev–Trinajstić information content (AvgIpc) is 3.14. The van der Waals surface area contributed by atoms with Crippen molar-refractivity contribution in [2.24, 2.45) is 0 Å². The first-order valence-corrected chi connectivity index (χ1v) is 11.3. The van der Waals surface area contributed by atoms with E-state index in [-0.39, 0.29) is 16.5 Å². The van der Waals surface area contributed by atoms with Crippen molar-refractivity contribution in [1.29, 1.82) is 0 Å². The standard InChI is InChI=1S/C25H23N3O4S/c1-15-21-23(30)26-16(2)27-24(21)33-22(15)25(31)32-14-20(29)28-19(18-11-7-4-8-12-18)13-17-9-5-3-6-10-17/h3-12,19H,13-14H2,1-2H3,(H,28,29)(H,26,27,30). The molecule has 4 aromatic rings. The first-order valence-electron chi connectivity index (χ1n) is 10.5. The van der Waals surface area contributed by atoms with E-state index in [0.717, 1.165) is 22.5 Å². The van der Waals surface area contributed by atoms with Gasteiger partial charge in [-0.1, -0.05) is 60.7 Å². The van der Waals surface area contributed by atoms with Crippen molar-refractivity contribution in [1.82, 2.24) is 15.3 Å². The third-order valence-corrected chi connectivity index (χ3v) is 6.42. The Kier molecular flexibility index (Phi) is 6.65. The van der Waals surface area contributed by atoms with Gasteiger partial charge in [0.2, 0.25) is 0 Å². The van der Waals surface area contributed by atoms with Gasteiger partial charge in [-0.3, -0.25) is 9.59 Å². The summed E-state index contributed by atoms with van der Waals surface area (Å²) in [5.74, 6) is -0.584. The van der Waals surface area contributed by atoms with Crippen LogP contribution in [0.2, 0.25) is 0 Å². The van der Waals surface area contributed by atoms with Crippen molar-refractivity contribution < 1.29 is 14.3 Å². The topological polar surface area (TPSA) is 101 Å². The van der Waals surface area contributed by atoms with Gasteiger partial charge < -0.3 is 15.0 Å². The molecule has 1 amide bonds. The fraction of sp³-hybridized carbons (Fsp3) is 0.200.